The molecule has 0 aromatic rings. The molecule has 3 fully saturated rings. The van der Waals surface area contributed by atoms with Gasteiger partial charge in [0.2, 0.25) is 0 Å². The van der Waals surface area contributed by atoms with Gasteiger partial charge < -0.3 is 14.8 Å². The fourth-order valence-electron chi connectivity index (χ4n) is 3.54. The van der Waals surface area contributed by atoms with Crippen LogP contribution in [0.15, 0.2) is 0 Å². The molecule has 21 heavy (non-hydrogen) atoms. The lowest BCUT2D eigenvalue weighted by atomic mass is 10.1. The van der Waals surface area contributed by atoms with Gasteiger partial charge in [0, 0.05) is 45.1 Å². The summed E-state index contributed by atoms with van der Waals surface area (Å²) in [4.78, 5) is 0. The molecule has 122 valence electrons. The highest BCUT2D eigenvalue weighted by Gasteiger charge is 2.45. The van der Waals surface area contributed by atoms with Crippen LogP contribution in [0.1, 0.15) is 25.7 Å². The predicted octanol–water partition coefficient (Wildman–Crippen LogP) is -0.246. The zero-order chi connectivity index (χ0) is 14.9. The average molecular weight is 319 g/mol. The average Bonchev–Trinajstić information content (AvgIpc) is 3.10. The van der Waals surface area contributed by atoms with Crippen LogP contribution in [-0.4, -0.2) is 75.3 Å². The van der Waals surface area contributed by atoms with Gasteiger partial charge in [-0.1, -0.05) is 0 Å². The van der Waals surface area contributed by atoms with E-state index in [9.17, 15) is 8.42 Å². The first-order valence-electron chi connectivity index (χ1n) is 7.77. The predicted molar refractivity (Wildman–Crippen MR) is 78.0 cm³/mol. The molecule has 0 aromatic carbocycles. The lowest BCUT2D eigenvalue weighted by Crippen LogP contribution is -2.53. The first kappa shape index (κ1) is 15.6. The van der Waals surface area contributed by atoms with Gasteiger partial charge in [0.25, 0.3) is 10.2 Å². The highest BCUT2D eigenvalue weighted by molar-refractivity contribution is 7.86. The van der Waals surface area contributed by atoms with Gasteiger partial charge in [-0.3, -0.25) is 0 Å². The van der Waals surface area contributed by atoms with Crippen LogP contribution in [-0.2, 0) is 19.7 Å². The summed E-state index contributed by atoms with van der Waals surface area (Å²) in [6, 6.07) is 0.0786. The van der Waals surface area contributed by atoms with Crippen LogP contribution in [0.5, 0.6) is 0 Å². The highest BCUT2D eigenvalue weighted by atomic mass is 32.2. The molecule has 3 heterocycles. The Morgan fingerprint density at radius 2 is 1.86 bits per heavy atom. The van der Waals surface area contributed by atoms with Gasteiger partial charge in [-0.2, -0.15) is 17.0 Å². The van der Waals surface area contributed by atoms with E-state index in [0.717, 1.165) is 12.8 Å². The Hall–Kier alpha value is -0.250. The third-order valence-corrected chi connectivity index (χ3v) is 6.77. The smallest absolute Gasteiger partial charge is 0.282 e. The number of hydrogen-bond donors (Lipinski definition) is 1. The Balaban J connectivity index is 1.65. The lowest BCUT2D eigenvalue weighted by Gasteiger charge is -2.39. The summed E-state index contributed by atoms with van der Waals surface area (Å²) in [6.07, 6.45) is 3.12. The van der Waals surface area contributed by atoms with Gasteiger partial charge in [-0.05, 0) is 19.9 Å². The maximum absolute atomic E-state index is 12.8. The van der Waals surface area contributed by atoms with Crippen LogP contribution in [0.25, 0.3) is 0 Å². The first-order chi connectivity index (χ1) is 10.1. The largest absolute Gasteiger partial charge is 0.347 e. The molecule has 7 nitrogen and oxygen atoms in total. The van der Waals surface area contributed by atoms with Gasteiger partial charge in [0.1, 0.15) is 0 Å². The normalized spacial score (nSPS) is 31.2. The number of likely N-dealkylation sites (N-methyl/N-ethyl adjacent to an activating group) is 1. The molecule has 0 aliphatic carbocycles. The van der Waals surface area contributed by atoms with Crippen molar-refractivity contribution in [1.29, 1.82) is 0 Å². The second kappa shape index (κ2) is 6.10. The van der Waals surface area contributed by atoms with E-state index in [1.807, 2.05) is 7.05 Å². The third kappa shape index (κ3) is 2.97. The molecule has 1 atom stereocenters. The van der Waals surface area contributed by atoms with Crippen LogP contribution in [0.2, 0.25) is 0 Å². The van der Waals surface area contributed by atoms with Gasteiger partial charge in [-0.15, -0.1) is 0 Å². The molecule has 8 heteroatoms. The van der Waals surface area contributed by atoms with Gasteiger partial charge in [0.05, 0.1) is 13.2 Å². The Morgan fingerprint density at radius 1 is 1.19 bits per heavy atom. The van der Waals surface area contributed by atoms with Crippen molar-refractivity contribution in [3.05, 3.63) is 0 Å². The van der Waals surface area contributed by atoms with Crippen molar-refractivity contribution in [1.82, 2.24) is 13.9 Å². The minimum Gasteiger partial charge on any atom is -0.347 e. The molecular weight excluding hydrogens is 294 g/mol. The van der Waals surface area contributed by atoms with Crippen molar-refractivity contribution < 1.29 is 17.9 Å². The molecule has 3 saturated heterocycles. The van der Waals surface area contributed by atoms with E-state index >= 15 is 0 Å². The van der Waals surface area contributed by atoms with Crippen molar-refractivity contribution in [2.24, 2.45) is 0 Å². The second-order valence-electron chi connectivity index (χ2n) is 5.98. The molecule has 3 aliphatic rings. The molecule has 3 rings (SSSR count). The van der Waals surface area contributed by atoms with Crippen molar-refractivity contribution >= 4 is 10.2 Å². The molecule has 1 unspecified atom stereocenters. The van der Waals surface area contributed by atoms with Crippen LogP contribution >= 0.6 is 0 Å². The zero-order valence-corrected chi connectivity index (χ0v) is 13.4. The SMILES string of the molecule is CNCC1CCCN1S(=O)(=O)N1CCC2(CC1)OCCO2. The Labute approximate surface area is 126 Å². The second-order valence-corrected chi connectivity index (χ2v) is 7.86. The summed E-state index contributed by atoms with van der Waals surface area (Å²) in [6.45, 7) is 3.52. The summed E-state index contributed by atoms with van der Waals surface area (Å²) in [7, 11) is -1.50. The lowest BCUT2D eigenvalue weighted by molar-refractivity contribution is -0.179. The summed E-state index contributed by atoms with van der Waals surface area (Å²) >= 11 is 0. The number of hydrogen-bond acceptors (Lipinski definition) is 5. The van der Waals surface area contributed by atoms with Crippen molar-refractivity contribution in [2.75, 3.05) is 46.4 Å². The molecule has 0 bridgehead atoms. The number of piperidine rings is 1. The number of ether oxygens (including phenoxy) is 2. The molecule has 1 spiro atoms. The van der Waals surface area contributed by atoms with Crippen LogP contribution in [0, 0.1) is 0 Å². The van der Waals surface area contributed by atoms with E-state index < -0.39 is 16.0 Å². The molecule has 0 amide bonds. The number of rotatable bonds is 4. The Bertz CT molecular complexity index is 454. The van der Waals surface area contributed by atoms with E-state index in [1.54, 1.807) is 8.61 Å². The fourth-order valence-corrected chi connectivity index (χ4v) is 5.40. The molecule has 0 aromatic heterocycles. The maximum atomic E-state index is 12.8. The minimum absolute atomic E-state index is 0.0786. The van der Waals surface area contributed by atoms with E-state index in [0.29, 0.717) is 52.2 Å². The van der Waals surface area contributed by atoms with Crippen LogP contribution in [0.4, 0.5) is 0 Å². The summed E-state index contributed by atoms with van der Waals surface area (Å²) in [5, 5.41) is 3.09. The van der Waals surface area contributed by atoms with Crippen LogP contribution in [0.3, 0.4) is 0 Å². The van der Waals surface area contributed by atoms with Gasteiger partial charge in [0.15, 0.2) is 5.79 Å². The molecular formula is C13H25N3O4S. The summed E-state index contributed by atoms with van der Waals surface area (Å²) in [5.41, 5.74) is 0. The van der Waals surface area contributed by atoms with Gasteiger partial charge >= 0.3 is 0 Å². The van der Waals surface area contributed by atoms with Gasteiger partial charge in [-0.25, -0.2) is 0 Å². The number of nitrogens with zero attached hydrogens (tertiary/aromatic N) is 2. The van der Waals surface area contributed by atoms with E-state index in [-0.39, 0.29) is 6.04 Å². The standard InChI is InChI=1S/C13H25N3O4S/c1-14-11-12-3-2-6-16(12)21(17,18)15-7-4-13(5-8-15)19-9-10-20-13/h12,14H,2-11H2,1H3. The van der Waals surface area contributed by atoms with Crippen molar-refractivity contribution in [2.45, 2.75) is 37.5 Å². The fraction of sp³-hybridized carbons (Fsp3) is 1.00. The van der Waals surface area contributed by atoms with E-state index in [1.165, 1.54) is 0 Å². The monoisotopic (exact) mass is 319 g/mol. The molecule has 0 saturated carbocycles. The number of nitrogens with one attached hydrogen (secondary N) is 1. The molecule has 3 aliphatic heterocycles. The topological polar surface area (TPSA) is 71.1 Å². The quantitative estimate of drug-likeness (QED) is 0.774. The third-order valence-electron chi connectivity index (χ3n) is 4.68. The molecule has 0 radical (unpaired) electrons. The Morgan fingerprint density at radius 3 is 2.48 bits per heavy atom. The maximum Gasteiger partial charge on any atom is 0.282 e. The summed E-state index contributed by atoms with van der Waals surface area (Å²) in [5.74, 6) is -0.526. The highest BCUT2D eigenvalue weighted by Crippen LogP contribution is 2.33. The van der Waals surface area contributed by atoms with Crippen molar-refractivity contribution in [3.63, 3.8) is 0 Å². The van der Waals surface area contributed by atoms with Crippen molar-refractivity contribution in [3.8, 4) is 0 Å². The van der Waals surface area contributed by atoms with E-state index in [4.69, 9.17) is 9.47 Å². The van der Waals surface area contributed by atoms with Crippen LogP contribution < -0.4 is 5.32 Å². The zero-order valence-electron chi connectivity index (χ0n) is 12.6. The first-order valence-corrected chi connectivity index (χ1v) is 9.17. The Kier molecular flexibility index (Phi) is 4.54. The molecule has 1 N–H and O–H groups in total. The minimum atomic E-state index is -3.36. The summed E-state index contributed by atoms with van der Waals surface area (Å²) < 4.78 is 40.2. The van der Waals surface area contributed by atoms with E-state index in [2.05, 4.69) is 5.32 Å².